The fraction of sp³-hybridized carbons (Fsp3) is 0.308. The van der Waals surface area contributed by atoms with Gasteiger partial charge in [-0.3, -0.25) is 0 Å². The van der Waals surface area contributed by atoms with Crippen LogP contribution >= 0.6 is 0 Å². The van der Waals surface area contributed by atoms with Crippen molar-refractivity contribution in [1.29, 1.82) is 0 Å². The molecule has 1 heterocycles. The van der Waals surface area contributed by atoms with E-state index in [9.17, 15) is 8.78 Å². The predicted octanol–water partition coefficient (Wildman–Crippen LogP) is 2.36. The molecule has 1 N–H and O–H groups in total. The minimum atomic E-state index is -0.671. The van der Waals surface area contributed by atoms with Crippen LogP contribution in [0.4, 0.5) is 8.78 Å². The van der Waals surface area contributed by atoms with E-state index in [2.05, 4.69) is 10.3 Å². The Kier molecular flexibility index (Phi) is 4.59. The highest BCUT2D eigenvalue weighted by Gasteiger charge is 2.18. The summed E-state index contributed by atoms with van der Waals surface area (Å²) >= 11 is 0. The third-order valence-corrected chi connectivity index (χ3v) is 2.61. The van der Waals surface area contributed by atoms with Crippen LogP contribution in [0.15, 0.2) is 29.0 Å². The number of hydrogen-bond donors (Lipinski definition) is 1. The van der Waals surface area contributed by atoms with E-state index in [-0.39, 0.29) is 11.3 Å². The number of aromatic nitrogens is 1. The maximum Gasteiger partial charge on any atom is 0.181 e. The van der Waals surface area contributed by atoms with Crippen LogP contribution in [0.5, 0.6) is 0 Å². The molecule has 0 aliphatic heterocycles. The van der Waals surface area contributed by atoms with E-state index in [1.165, 1.54) is 24.6 Å². The minimum absolute atomic E-state index is 0.112. The molecule has 0 aliphatic carbocycles. The molecule has 2 rings (SSSR count). The van der Waals surface area contributed by atoms with Crippen LogP contribution in [-0.2, 0) is 11.3 Å². The van der Waals surface area contributed by atoms with Crippen molar-refractivity contribution >= 4 is 0 Å². The molecule has 0 bridgehead atoms. The predicted molar refractivity (Wildman–Crippen MR) is 65.4 cm³/mol. The van der Waals surface area contributed by atoms with Crippen LogP contribution in [-0.4, -0.2) is 25.2 Å². The fourth-order valence-corrected chi connectivity index (χ4v) is 1.69. The van der Waals surface area contributed by atoms with Gasteiger partial charge in [-0.25, -0.2) is 13.8 Å². The van der Waals surface area contributed by atoms with Gasteiger partial charge in [0, 0.05) is 20.2 Å². The lowest BCUT2D eigenvalue weighted by atomic mass is 10.1. The zero-order valence-corrected chi connectivity index (χ0v) is 10.5. The Bertz CT molecular complexity index is 523. The molecule has 1 aromatic carbocycles. The van der Waals surface area contributed by atoms with Crippen LogP contribution in [0.2, 0.25) is 0 Å². The smallest absolute Gasteiger partial charge is 0.181 e. The first-order valence-electron chi connectivity index (χ1n) is 5.80. The Balaban J connectivity index is 2.19. The van der Waals surface area contributed by atoms with Crippen molar-refractivity contribution in [2.24, 2.45) is 0 Å². The van der Waals surface area contributed by atoms with Gasteiger partial charge in [0.2, 0.25) is 0 Å². The summed E-state index contributed by atoms with van der Waals surface area (Å²) in [5, 5.41) is 3.05. The Hall–Kier alpha value is -1.79. The molecule has 19 heavy (non-hydrogen) atoms. The average Bonchev–Trinajstić information content (AvgIpc) is 2.83. The molecule has 0 saturated heterocycles. The van der Waals surface area contributed by atoms with E-state index < -0.39 is 11.6 Å². The quantitative estimate of drug-likeness (QED) is 0.817. The summed E-state index contributed by atoms with van der Waals surface area (Å²) in [4.78, 5) is 3.97. The van der Waals surface area contributed by atoms with Gasteiger partial charge in [0.25, 0.3) is 0 Å². The number of rotatable bonds is 6. The van der Waals surface area contributed by atoms with Gasteiger partial charge in [-0.15, -0.1) is 0 Å². The third-order valence-electron chi connectivity index (χ3n) is 2.61. The second-order valence-corrected chi connectivity index (χ2v) is 3.89. The number of benzene rings is 1. The van der Waals surface area contributed by atoms with Crippen molar-refractivity contribution in [2.75, 3.05) is 20.3 Å². The monoisotopic (exact) mass is 268 g/mol. The second kappa shape index (κ2) is 6.40. The van der Waals surface area contributed by atoms with E-state index >= 15 is 0 Å². The van der Waals surface area contributed by atoms with E-state index in [0.717, 1.165) is 0 Å². The molecule has 0 amide bonds. The first-order chi connectivity index (χ1) is 9.24. The van der Waals surface area contributed by atoms with Gasteiger partial charge in [-0.05, 0) is 12.1 Å². The van der Waals surface area contributed by atoms with Crippen molar-refractivity contribution in [1.82, 2.24) is 10.3 Å². The molecule has 0 radical (unpaired) electrons. The van der Waals surface area contributed by atoms with E-state index in [1.54, 1.807) is 7.11 Å². The van der Waals surface area contributed by atoms with Crippen molar-refractivity contribution in [3.63, 3.8) is 0 Å². The highest BCUT2D eigenvalue weighted by Crippen LogP contribution is 2.28. The normalized spacial score (nSPS) is 10.9. The first-order valence-corrected chi connectivity index (χ1v) is 5.80. The lowest BCUT2D eigenvalue weighted by Gasteiger charge is -2.05. The van der Waals surface area contributed by atoms with Crippen LogP contribution in [0.25, 0.3) is 11.3 Å². The molecule has 6 heteroatoms. The molecule has 0 spiro atoms. The molecule has 0 unspecified atom stereocenters. The number of ether oxygens (including phenoxy) is 1. The lowest BCUT2D eigenvalue weighted by molar-refractivity contribution is 0.199. The van der Waals surface area contributed by atoms with Crippen LogP contribution in [0, 0.1) is 11.6 Å². The Morgan fingerprint density at radius 1 is 1.32 bits per heavy atom. The van der Waals surface area contributed by atoms with Gasteiger partial charge in [0.15, 0.2) is 12.2 Å². The second-order valence-electron chi connectivity index (χ2n) is 3.89. The number of nitrogens with one attached hydrogen (secondary N) is 1. The standard InChI is InChI=1S/C13H14F2N2O2/c1-18-6-5-16-7-11-13(19-8-17-11)12-9(14)3-2-4-10(12)15/h2-4,8,16H,5-7H2,1H3. The van der Waals surface area contributed by atoms with Crippen molar-refractivity contribution in [3.8, 4) is 11.3 Å². The van der Waals surface area contributed by atoms with E-state index in [0.29, 0.717) is 25.4 Å². The SMILES string of the molecule is COCCNCc1ncoc1-c1c(F)cccc1F. The maximum absolute atomic E-state index is 13.7. The Morgan fingerprint density at radius 2 is 2.05 bits per heavy atom. The summed E-state index contributed by atoms with van der Waals surface area (Å²) in [5.74, 6) is -1.23. The summed E-state index contributed by atoms with van der Waals surface area (Å²) in [6, 6.07) is 3.67. The highest BCUT2D eigenvalue weighted by atomic mass is 19.1. The largest absolute Gasteiger partial charge is 0.443 e. The molecule has 0 aliphatic rings. The Labute approximate surface area is 109 Å². The van der Waals surface area contributed by atoms with Gasteiger partial charge >= 0.3 is 0 Å². The van der Waals surface area contributed by atoms with Crippen molar-refractivity contribution < 1.29 is 17.9 Å². The summed E-state index contributed by atoms with van der Waals surface area (Å²) in [5.41, 5.74) is 0.267. The molecule has 1 aromatic heterocycles. The molecule has 4 nitrogen and oxygen atoms in total. The molecule has 0 saturated carbocycles. The van der Waals surface area contributed by atoms with Gasteiger partial charge in [-0.1, -0.05) is 6.07 Å². The van der Waals surface area contributed by atoms with Gasteiger partial charge in [0.05, 0.1) is 12.2 Å². The third kappa shape index (κ3) is 3.15. The van der Waals surface area contributed by atoms with E-state index in [1.807, 2.05) is 0 Å². The molecular formula is C13H14F2N2O2. The number of oxazole rings is 1. The number of methoxy groups -OCH3 is 1. The molecular weight excluding hydrogens is 254 g/mol. The summed E-state index contributed by atoms with van der Waals surface area (Å²) in [6.07, 6.45) is 1.18. The zero-order chi connectivity index (χ0) is 13.7. The molecule has 0 fully saturated rings. The zero-order valence-electron chi connectivity index (χ0n) is 10.5. The molecule has 0 atom stereocenters. The fourth-order valence-electron chi connectivity index (χ4n) is 1.69. The number of hydrogen-bond acceptors (Lipinski definition) is 4. The maximum atomic E-state index is 13.7. The highest BCUT2D eigenvalue weighted by molar-refractivity contribution is 5.61. The van der Waals surface area contributed by atoms with Crippen LogP contribution in [0.1, 0.15) is 5.69 Å². The average molecular weight is 268 g/mol. The molecule has 2 aromatic rings. The number of halogens is 2. The number of nitrogens with zero attached hydrogens (tertiary/aromatic N) is 1. The van der Waals surface area contributed by atoms with Crippen LogP contribution in [0.3, 0.4) is 0 Å². The van der Waals surface area contributed by atoms with Crippen molar-refractivity contribution in [3.05, 3.63) is 41.9 Å². The molecule has 102 valence electrons. The Morgan fingerprint density at radius 3 is 2.74 bits per heavy atom. The summed E-state index contributed by atoms with van der Waals surface area (Å²) in [6.45, 7) is 1.51. The summed E-state index contributed by atoms with van der Waals surface area (Å²) < 4.78 is 37.3. The van der Waals surface area contributed by atoms with E-state index in [4.69, 9.17) is 9.15 Å². The van der Waals surface area contributed by atoms with Gasteiger partial charge in [0.1, 0.15) is 17.3 Å². The summed E-state index contributed by atoms with van der Waals surface area (Å²) in [7, 11) is 1.60. The lowest BCUT2D eigenvalue weighted by Crippen LogP contribution is -2.19. The topological polar surface area (TPSA) is 47.3 Å². The minimum Gasteiger partial charge on any atom is -0.443 e. The van der Waals surface area contributed by atoms with Crippen LogP contribution < -0.4 is 5.32 Å². The first kappa shape index (κ1) is 13.6. The van der Waals surface area contributed by atoms with Gasteiger partial charge < -0.3 is 14.5 Å². The van der Waals surface area contributed by atoms with Crippen molar-refractivity contribution in [2.45, 2.75) is 6.54 Å². The van der Waals surface area contributed by atoms with Gasteiger partial charge in [-0.2, -0.15) is 0 Å².